The van der Waals surface area contributed by atoms with Crippen molar-refractivity contribution in [1.29, 1.82) is 0 Å². The van der Waals surface area contributed by atoms with Crippen LogP contribution in [0.1, 0.15) is 38.7 Å². The predicted molar refractivity (Wildman–Crippen MR) is 94.6 cm³/mol. The van der Waals surface area contributed by atoms with Gasteiger partial charge in [0.25, 0.3) is 0 Å². The van der Waals surface area contributed by atoms with Gasteiger partial charge in [0.1, 0.15) is 11.4 Å². The molecule has 3 heterocycles. The Kier molecular flexibility index (Phi) is 3.60. The Bertz CT molecular complexity index is 852. The summed E-state index contributed by atoms with van der Waals surface area (Å²) in [4.78, 5) is 22.2. The number of aromatic nitrogens is 1. The van der Waals surface area contributed by atoms with E-state index in [-0.39, 0.29) is 29.9 Å². The van der Waals surface area contributed by atoms with Crippen LogP contribution < -0.4 is 0 Å². The van der Waals surface area contributed by atoms with Crippen molar-refractivity contribution >= 4 is 23.2 Å². The van der Waals surface area contributed by atoms with E-state index in [2.05, 4.69) is 9.98 Å². The van der Waals surface area contributed by atoms with E-state index < -0.39 is 5.60 Å². The van der Waals surface area contributed by atoms with Gasteiger partial charge in [-0.3, -0.25) is 4.99 Å². The molecule has 0 aliphatic carbocycles. The summed E-state index contributed by atoms with van der Waals surface area (Å²) in [5.41, 5.74) is 1.28. The third-order valence-corrected chi connectivity index (χ3v) is 4.89. The number of likely N-dealkylation sites (tertiary alicyclic amines) is 1. The van der Waals surface area contributed by atoms with Crippen LogP contribution in [0.25, 0.3) is 10.9 Å². The van der Waals surface area contributed by atoms with Crippen LogP contribution >= 0.6 is 0 Å². The normalized spacial score (nSPS) is 25.6. The fourth-order valence-electron chi connectivity index (χ4n) is 3.88. The smallest absolute Gasteiger partial charge is 0.410 e. The molecular weight excluding hydrogens is 321 g/mol. The van der Waals surface area contributed by atoms with Gasteiger partial charge < -0.3 is 14.6 Å². The van der Waals surface area contributed by atoms with Crippen LogP contribution in [0, 0.1) is 5.82 Å². The Balaban J connectivity index is 1.66. The van der Waals surface area contributed by atoms with Crippen LogP contribution in [-0.2, 0) is 4.74 Å². The van der Waals surface area contributed by atoms with Crippen molar-refractivity contribution in [3.05, 3.63) is 35.8 Å². The fraction of sp³-hybridized carbons (Fsp3) is 0.474. The van der Waals surface area contributed by atoms with Gasteiger partial charge in [-0.15, -0.1) is 0 Å². The number of nitrogens with zero attached hydrogens (tertiary/aromatic N) is 2. The SMILES string of the molecule is CC(C)(C)OC(=O)N1CC[C@H]2N=CC(c3c[nH]c4cc(F)ccc34)[C@H]21. The third kappa shape index (κ3) is 2.79. The zero-order valence-corrected chi connectivity index (χ0v) is 14.6. The first-order valence-corrected chi connectivity index (χ1v) is 8.63. The monoisotopic (exact) mass is 343 g/mol. The number of hydrogen-bond acceptors (Lipinski definition) is 3. The second-order valence-electron chi connectivity index (χ2n) is 7.78. The Morgan fingerprint density at radius 2 is 2.20 bits per heavy atom. The van der Waals surface area contributed by atoms with Gasteiger partial charge in [-0.2, -0.15) is 0 Å². The molecule has 1 fully saturated rings. The summed E-state index contributed by atoms with van der Waals surface area (Å²) < 4.78 is 19.0. The van der Waals surface area contributed by atoms with Gasteiger partial charge in [0.2, 0.25) is 0 Å². The molecule has 1 saturated heterocycles. The minimum Gasteiger partial charge on any atom is -0.444 e. The minimum absolute atomic E-state index is 0.0146. The van der Waals surface area contributed by atoms with Crippen molar-refractivity contribution in [2.75, 3.05) is 6.54 Å². The summed E-state index contributed by atoms with van der Waals surface area (Å²) in [7, 11) is 0. The number of fused-ring (bicyclic) bond motifs is 2. The van der Waals surface area contributed by atoms with Crippen LogP contribution in [0.3, 0.4) is 0 Å². The second-order valence-corrected chi connectivity index (χ2v) is 7.78. The quantitative estimate of drug-likeness (QED) is 0.855. The summed E-state index contributed by atoms with van der Waals surface area (Å²) in [6.45, 7) is 6.26. The Labute approximate surface area is 145 Å². The van der Waals surface area contributed by atoms with E-state index in [1.54, 1.807) is 11.0 Å². The number of aromatic amines is 1. The molecule has 2 aliphatic rings. The van der Waals surface area contributed by atoms with Crippen LogP contribution in [0.4, 0.5) is 9.18 Å². The van der Waals surface area contributed by atoms with Crippen molar-refractivity contribution in [2.24, 2.45) is 4.99 Å². The molecule has 132 valence electrons. The lowest BCUT2D eigenvalue weighted by atomic mass is 9.91. The first-order chi connectivity index (χ1) is 11.8. The third-order valence-electron chi connectivity index (χ3n) is 4.89. The predicted octanol–water partition coefficient (Wildman–Crippen LogP) is 3.85. The highest BCUT2D eigenvalue weighted by atomic mass is 19.1. The van der Waals surface area contributed by atoms with Crippen molar-refractivity contribution in [3.8, 4) is 0 Å². The average Bonchev–Trinajstić information content (AvgIpc) is 3.18. The first kappa shape index (κ1) is 16.1. The van der Waals surface area contributed by atoms with Gasteiger partial charge in [-0.05, 0) is 51.0 Å². The van der Waals surface area contributed by atoms with Gasteiger partial charge >= 0.3 is 6.09 Å². The largest absolute Gasteiger partial charge is 0.444 e. The maximum Gasteiger partial charge on any atom is 0.410 e. The molecule has 1 unspecified atom stereocenters. The molecule has 5 nitrogen and oxygen atoms in total. The number of benzene rings is 1. The summed E-state index contributed by atoms with van der Waals surface area (Å²) in [6, 6.07) is 4.79. The molecular formula is C19H22FN3O2. The molecule has 2 aromatic rings. The molecule has 1 amide bonds. The van der Waals surface area contributed by atoms with E-state index in [1.165, 1.54) is 12.1 Å². The van der Waals surface area contributed by atoms with E-state index >= 15 is 0 Å². The molecule has 0 spiro atoms. The number of ether oxygens (including phenoxy) is 1. The Morgan fingerprint density at radius 1 is 1.40 bits per heavy atom. The zero-order chi connectivity index (χ0) is 17.8. The molecule has 2 aliphatic heterocycles. The van der Waals surface area contributed by atoms with E-state index in [1.807, 2.05) is 33.2 Å². The summed E-state index contributed by atoms with van der Waals surface area (Å²) in [5.74, 6) is -0.283. The van der Waals surface area contributed by atoms with E-state index in [9.17, 15) is 9.18 Å². The number of carbonyl (C=O) groups is 1. The summed E-state index contributed by atoms with van der Waals surface area (Å²) in [5, 5.41) is 0.967. The van der Waals surface area contributed by atoms with Gasteiger partial charge in [0.05, 0.1) is 12.1 Å². The van der Waals surface area contributed by atoms with Crippen molar-refractivity contribution in [2.45, 2.75) is 50.8 Å². The highest BCUT2D eigenvalue weighted by Gasteiger charge is 2.46. The van der Waals surface area contributed by atoms with Crippen LogP contribution in [-0.4, -0.2) is 46.4 Å². The van der Waals surface area contributed by atoms with Crippen LogP contribution in [0.5, 0.6) is 0 Å². The Morgan fingerprint density at radius 3 is 2.96 bits per heavy atom. The van der Waals surface area contributed by atoms with Crippen molar-refractivity contribution in [1.82, 2.24) is 9.88 Å². The number of carbonyl (C=O) groups excluding carboxylic acids is 1. The summed E-state index contributed by atoms with van der Waals surface area (Å²) in [6.07, 6.45) is 4.38. The van der Waals surface area contributed by atoms with E-state index in [0.717, 1.165) is 22.9 Å². The highest BCUT2D eigenvalue weighted by molar-refractivity contribution is 5.89. The second kappa shape index (κ2) is 5.58. The van der Waals surface area contributed by atoms with E-state index in [0.29, 0.717) is 6.54 Å². The number of halogens is 1. The maximum atomic E-state index is 13.4. The minimum atomic E-state index is -0.525. The number of hydrogen-bond donors (Lipinski definition) is 1. The first-order valence-electron chi connectivity index (χ1n) is 8.63. The molecule has 0 saturated carbocycles. The number of H-pyrrole nitrogens is 1. The molecule has 1 aromatic heterocycles. The molecule has 3 atom stereocenters. The van der Waals surface area contributed by atoms with Gasteiger partial charge in [0.15, 0.2) is 0 Å². The number of nitrogens with one attached hydrogen (secondary N) is 1. The number of amides is 1. The van der Waals surface area contributed by atoms with E-state index in [4.69, 9.17) is 4.74 Å². The molecule has 1 N–H and O–H groups in total. The van der Waals surface area contributed by atoms with Crippen molar-refractivity contribution in [3.63, 3.8) is 0 Å². The Hall–Kier alpha value is -2.37. The molecule has 25 heavy (non-hydrogen) atoms. The molecule has 4 rings (SSSR count). The average molecular weight is 343 g/mol. The molecule has 6 heteroatoms. The van der Waals surface area contributed by atoms with Gasteiger partial charge in [0, 0.05) is 35.8 Å². The lowest BCUT2D eigenvalue weighted by Gasteiger charge is -2.30. The van der Waals surface area contributed by atoms with Crippen LogP contribution in [0.15, 0.2) is 29.4 Å². The molecule has 0 bridgehead atoms. The maximum absolute atomic E-state index is 13.4. The highest BCUT2D eigenvalue weighted by Crippen LogP contribution is 2.39. The fourth-order valence-corrected chi connectivity index (χ4v) is 3.88. The molecule has 0 radical (unpaired) electrons. The lowest BCUT2D eigenvalue weighted by molar-refractivity contribution is 0.0220. The summed E-state index contributed by atoms with van der Waals surface area (Å²) >= 11 is 0. The number of aliphatic imine (C=N–C) groups is 1. The zero-order valence-electron chi connectivity index (χ0n) is 14.6. The molecule has 1 aromatic carbocycles. The topological polar surface area (TPSA) is 57.7 Å². The van der Waals surface area contributed by atoms with Gasteiger partial charge in [-0.25, -0.2) is 9.18 Å². The standard InChI is InChI=1S/C19H22FN3O2/c1-19(2,3)25-18(24)23-7-6-15-17(23)14(10-21-15)13-9-22-16-8-11(20)4-5-12(13)16/h4-5,8-10,14-15,17,22H,6-7H2,1-3H3/t14?,15-,17-/m1/s1. The van der Waals surface area contributed by atoms with Crippen LogP contribution in [0.2, 0.25) is 0 Å². The van der Waals surface area contributed by atoms with Crippen molar-refractivity contribution < 1.29 is 13.9 Å². The number of rotatable bonds is 1. The lowest BCUT2D eigenvalue weighted by Crippen LogP contribution is -2.43. The van der Waals surface area contributed by atoms with Gasteiger partial charge in [-0.1, -0.05) is 0 Å².